The molecular weight excluding hydrogens is 1920 g/mol. The molecule has 139 heavy (non-hydrogen) atoms. The van der Waals surface area contributed by atoms with Crippen LogP contribution in [0.25, 0.3) is 0 Å². The van der Waals surface area contributed by atoms with Crippen LogP contribution in [0, 0.1) is 0 Å². The molecule has 0 radical (unpaired) electrons. The van der Waals surface area contributed by atoms with E-state index in [1.807, 2.05) is 0 Å². The molecule has 0 aromatic heterocycles. The van der Waals surface area contributed by atoms with Gasteiger partial charge in [0.05, 0.1) is 13.2 Å². The molecule has 63 nitrogen and oxygen atoms in total. The van der Waals surface area contributed by atoms with Crippen LogP contribution in [0.1, 0.15) is 55.4 Å². The van der Waals surface area contributed by atoms with Gasteiger partial charge in [0.25, 0.3) is 0 Å². The van der Waals surface area contributed by atoms with E-state index in [1.54, 1.807) is 0 Å². The second-order valence-corrected chi connectivity index (χ2v) is 32.6. The van der Waals surface area contributed by atoms with Crippen molar-refractivity contribution in [2.75, 3.05) is 66.1 Å². The summed E-state index contributed by atoms with van der Waals surface area (Å²) in [6.07, 6.45) is -79.9. The number of hydrogen-bond acceptors (Lipinski definition) is 63. The van der Waals surface area contributed by atoms with Crippen LogP contribution in [0.4, 0.5) is 0 Å². The van der Waals surface area contributed by atoms with Gasteiger partial charge in [-0.25, -0.2) is 0 Å². The minimum atomic E-state index is -1.82. The fraction of sp³-hybridized carbons (Fsp3) is 0.895. The monoisotopic (exact) mass is 2050 g/mol. The predicted octanol–water partition coefficient (Wildman–Crippen LogP) is -22.4. The van der Waals surface area contributed by atoms with Crippen LogP contribution in [0.15, 0.2) is 0 Å². The summed E-state index contributed by atoms with van der Waals surface area (Å²) < 4.78 is 116. The number of aliphatic hydroxyl groups is 32. The molecule has 0 aromatic rings. The Labute approximate surface area is 784 Å². The lowest BCUT2D eigenvalue weighted by Gasteiger charge is -2.45. The molecule has 0 saturated carbocycles. The van der Waals surface area contributed by atoms with Gasteiger partial charge in [-0.3, -0.25) is 38.4 Å². The average Bonchev–Trinajstić information content (AvgIpc) is 0.793. The SMILES string of the molecule is CC(=O)OCC1O[C@@H](OC2[C@@H](O)[C@H](O)C(COC(C)=O)O[C@@H]2O)C(O)[C@@H](O)[C@@H]1O.CC(=O)OCC1O[C@@H](O[C@@H]2C(CO)OC(O)C(O)[C@H]2O)C(O)[C@@H](O)[C@H]1O.CC(=O)OCC1O[C@@H](O[C@@H]2C(COC(C)=O)OC(O)C(O)[C@H]2O)C(O)[C@@H](O)[C@@H]1O.CC(=O)OCC1O[C@@H](O[C@@H]2C(COC(C)=O)OC(O)C(O)[C@H]2O)C(O)[C@@H](O)[C@@H]1O.CC(=O)OCC1O[C@H](OCC2OC(O)C(O)[C@@H](O)[C@@H]2O)C(O)[C@@H](O)[C@@H]1O. The van der Waals surface area contributed by atoms with E-state index in [4.69, 9.17) is 104 Å². The lowest BCUT2D eigenvalue weighted by molar-refractivity contribution is -0.361. The molecule has 0 amide bonds. The summed E-state index contributed by atoms with van der Waals surface area (Å²) in [7, 11) is 0. The summed E-state index contributed by atoms with van der Waals surface area (Å²) in [5.74, 6) is -5.35. The molecule has 0 spiro atoms. The maximum Gasteiger partial charge on any atom is 0.302 e. The van der Waals surface area contributed by atoms with Gasteiger partial charge in [-0.2, -0.15) is 0 Å². The Morgan fingerprint density at radius 1 is 0.173 bits per heavy atom. The molecule has 10 heterocycles. The zero-order valence-electron chi connectivity index (χ0n) is 74.9. The lowest BCUT2D eigenvalue weighted by Crippen LogP contribution is -2.64. The summed E-state index contributed by atoms with van der Waals surface area (Å²) in [4.78, 5) is 87.6. The highest BCUT2D eigenvalue weighted by molar-refractivity contribution is 5.68. The third kappa shape index (κ3) is 33.7. The summed E-state index contributed by atoms with van der Waals surface area (Å²) in [5, 5.41) is 317. The van der Waals surface area contributed by atoms with Crippen LogP contribution < -0.4 is 0 Å². The van der Waals surface area contributed by atoms with Gasteiger partial charge < -0.3 is 272 Å². The largest absolute Gasteiger partial charge is 0.463 e. The molecule has 10 rings (SSSR count). The van der Waals surface area contributed by atoms with Crippen LogP contribution in [0.3, 0.4) is 0 Å². The number of ether oxygens (including phenoxy) is 23. The van der Waals surface area contributed by atoms with Crippen LogP contribution in [-0.2, 0) is 147 Å². The molecule has 24 unspecified atom stereocenters. The molecule has 10 aliphatic rings. The number of carbonyl (C=O) groups excluding carboxylic acids is 8. The standard InChI is InChI=1S/3C16H26O13.2C14H24O12/c1-5(17)25-3-7-10(20)12(22)14(15(24)27-7)29-16-13(23)11(21)9(19)8(28-16)4-26-6(2)18;2*1-5(17)25-3-7-9(19)10(20)13(23)16(28-7)29-14-8(4-26-6(2)18)27-15(24)12(22)11(14)21;1-4(15)23-2-6-8(17)10(19)12(21)14(26-6)24-3-5-7(16)9(18)11(20)13(22)25-5;1-4(16)23-3-6-7(17)8(18)11(21)14(25-6)26-12-5(2-15)24-13(22)10(20)9(12)19/h3*7-16,19-24H,3-4H2,1-2H3;5-14,16-22H,2-3H2,1H3;5-15,17-22H,2-3H2,1H3/t7?,8?,9-,10-,11+,12+,13?,14?,15+,16+;2*7?,8?,9-,10+,11-,12?,13?,14-,15?,16+;5?,6?,7-,8-,9+,10+,11?,12?,13?,14+;5?,6?,7-,8-,9+,10?,11?,12+,13?,14-/m11110/s1. The van der Waals surface area contributed by atoms with Crippen molar-refractivity contribution in [2.24, 2.45) is 0 Å². The van der Waals surface area contributed by atoms with Gasteiger partial charge in [0.1, 0.15) is 297 Å². The third-order valence-electron chi connectivity index (χ3n) is 22.0. The summed E-state index contributed by atoms with van der Waals surface area (Å²) in [5.41, 5.74) is 0. The Balaban J connectivity index is 0.000000267. The van der Waals surface area contributed by atoms with Gasteiger partial charge in [-0.1, -0.05) is 0 Å². The van der Waals surface area contributed by atoms with Crippen LogP contribution in [0.2, 0.25) is 0 Å². The van der Waals surface area contributed by atoms with E-state index in [2.05, 4.69) is 4.74 Å². The zero-order valence-corrected chi connectivity index (χ0v) is 74.9. The maximum absolute atomic E-state index is 11.1. The van der Waals surface area contributed by atoms with E-state index in [1.165, 1.54) is 0 Å². The smallest absolute Gasteiger partial charge is 0.302 e. The van der Waals surface area contributed by atoms with Gasteiger partial charge in [-0.15, -0.1) is 0 Å². The Morgan fingerprint density at radius 2 is 0.338 bits per heavy atom. The normalized spacial score (nSPS) is 44.3. The van der Waals surface area contributed by atoms with Crippen LogP contribution >= 0.6 is 0 Å². The van der Waals surface area contributed by atoms with E-state index < -0.39 is 421 Å². The Morgan fingerprint density at radius 3 is 0.590 bits per heavy atom. The fourth-order valence-corrected chi connectivity index (χ4v) is 14.2. The molecule has 10 aliphatic heterocycles. The Kier molecular flexibility index (Phi) is 49.0. The number of carbonyl (C=O) groups is 8. The van der Waals surface area contributed by atoms with Gasteiger partial charge in [-0.05, 0) is 0 Å². The Hall–Kier alpha value is -6.12. The van der Waals surface area contributed by atoms with Gasteiger partial charge in [0.2, 0.25) is 0 Å². The highest BCUT2D eigenvalue weighted by atomic mass is 16.8. The second kappa shape index (κ2) is 56.0. The van der Waals surface area contributed by atoms with Crippen LogP contribution in [0.5, 0.6) is 0 Å². The number of esters is 8. The number of rotatable bonds is 28. The number of aliphatic hydroxyl groups excluding tert-OH is 32. The summed E-state index contributed by atoms with van der Waals surface area (Å²) in [6.45, 7) is 4.23. The van der Waals surface area contributed by atoms with Crippen molar-refractivity contribution in [3.05, 3.63) is 0 Å². The van der Waals surface area contributed by atoms with Crippen molar-refractivity contribution in [3.8, 4) is 0 Å². The molecule has 50 atom stereocenters. The maximum atomic E-state index is 11.1. The van der Waals surface area contributed by atoms with Crippen molar-refractivity contribution in [2.45, 2.75) is 362 Å². The van der Waals surface area contributed by atoms with Gasteiger partial charge in [0, 0.05) is 55.4 Å². The first kappa shape index (κ1) is 122. The average molecular weight is 2050 g/mol. The van der Waals surface area contributed by atoms with Crippen molar-refractivity contribution >= 4 is 47.8 Å². The molecule has 32 N–H and O–H groups in total. The van der Waals surface area contributed by atoms with Crippen molar-refractivity contribution < 1.29 is 311 Å². The van der Waals surface area contributed by atoms with E-state index in [-0.39, 0.29) is 0 Å². The fourth-order valence-electron chi connectivity index (χ4n) is 14.2. The quantitative estimate of drug-likeness (QED) is 0.0255. The molecule has 0 aromatic carbocycles. The molecule has 0 aliphatic carbocycles. The molecule has 0 bridgehead atoms. The first-order valence-corrected chi connectivity index (χ1v) is 42.4. The highest BCUT2D eigenvalue weighted by Crippen LogP contribution is 2.36. The molecular formula is C76H126O63. The van der Waals surface area contributed by atoms with Crippen molar-refractivity contribution in [1.82, 2.24) is 0 Å². The highest BCUT2D eigenvalue weighted by Gasteiger charge is 2.58. The van der Waals surface area contributed by atoms with Crippen molar-refractivity contribution in [1.29, 1.82) is 0 Å². The number of hydrogen-bond donors (Lipinski definition) is 32. The molecule has 10 saturated heterocycles. The zero-order chi connectivity index (χ0) is 105. The van der Waals surface area contributed by atoms with E-state index in [0.29, 0.717) is 0 Å². The van der Waals surface area contributed by atoms with Gasteiger partial charge >= 0.3 is 47.8 Å². The topological polar surface area (TPSA) is 996 Å². The summed E-state index contributed by atoms with van der Waals surface area (Å²) in [6, 6.07) is 0. The summed E-state index contributed by atoms with van der Waals surface area (Å²) >= 11 is 0. The third-order valence-corrected chi connectivity index (χ3v) is 22.0. The molecule has 10 fully saturated rings. The van der Waals surface area contributed by atoms with E-state index in [0.717, 1.165) is 55.4 Å². The van der Waals surface area contributed by atoms with Crippen LogP contribution in [-0.4, -0.2) is 584 Å². The predicted molar refractivity (Wildman–Crippen MR) is 419 cm³/mol. The minimum Gasteiger partial charge on any atom is -0.463 e. The second-order valence-electron chi connectivity index (χ2n) is 32.6. The minimum absolute atomic E-state index is 0.397. The van der Waals surface area contributed by atoms with Crippen molar-refractivity contribution in [3.63, 3.8) is 0 Å². The first-order chi connectivity index (χ1) is 64.9. The lowest BCUT2D eigenvalue weighted by atomic mass is 9.97. The van der Waals surface area contributed by atoms with E-state index in [9.17, 15) is 202 Å². The molecule has 63 heteroatoms. The molecule has 808 valence electrons. The first-order valence-electron chi connectivity index (χ1n) is 42.4. The Bertz CT molecular complexity index is 3630. The van der Waals surface area contributed by atoms with E-state index >= 15 is 0 Å². The van der Waals surface area contributed by atoms with Gasteiger partial charge in [0.15, 0.2) is 62.9 Å².